The molecule has 0 spiro atoms. The van der Waals surface area contributed by atoms with E-state index >= 15 is 0 Å². The normalized spacial score (nSPS) is 17.5. The standard InChI is InChI=1S/C58H62N4O/c1-36(2)45-19-16-20-46(37(3)4)56(45)40-30-42(60-35-61(53-25-15-14-24-52(53)60)57-47(38(5)6)21-17-22-48(57)39(7)8)33-44(31-40)63-43-26-27-50-49-18-12-13-23-51(49)62(54(50)34-43)55-32-41(28-29-59-55)58(9,10)11/h12-34,36-39H,35H2,1-11H3/i5D3,6D3,7D3,8D3,38D,39D. The maximum absolute atomic E-state index is 9.50. The van der Waals surface area contributed by atoms with Crippen molar-refractivity contribution in [2.24, 2.45) is 0 Å². The average molecular weight is 845 g/mol. The molecule has 0 saturated carbocycles. The van der Waals surface area contributed by atoms with Gasteiger partial charge in [-0.05, 0) is 123 Å². The zero-order valence-corrected chi connectivity index (χ0v) is 36.8. The fraction of sp³-hybridized carbons (Fsp3) is 0.293. The smallest absolute Gasteiger partial charge is 0.137 e. The van der Waals surface area contributed by atoms with Crippen LogP contribution < -0.4 is 14.5 Å². The van der Waals surface area contributed by atoms with Crippen LogP contribution in [0.1, 0.15) is 147 Å². The van der Waals surface area contributed by atoms with E-state index in [-0.39, 0.29) is 23.9 Å². The number of ether oxygens (including phenoxy) is 1. The zero-order chi connectivity index (χ0) is 56.2. The Morgan fingerprint density at radius 3 is 1.87 bits per heavy atom. The first-order chi connectivity index (χ1) is 35.8. The summed E-state index contributed by atoms with van der Waals surface area (Å²) in [7, 11) is 0. The molecule has 2 aromatic heterocycles. The van der Waals surface area contributed by atoms with Crippen molar-refractivity contribution in [3.8, 4) is 28.4 Å². The van der Waals surface area contributed by atoms with Crippen molar-refractivity contribution in [3.05, 3.63) is 167 Å². The van der Waals surface area contributed by atoms with E-state index in [0.29, 0.717) is 28.6 Å². The SMILES string of the molecule is [2H]C([2H])([2H])C([2H])(c1cccc(C([2H])(C([2H])([2H])[2H])C([2H])([2H])[2H])c1N1CN(c2cc(Oc3ccc4c5ccccc5n(-c5cc(C(C)(C)C)ccn5)c4c3)cc(-c3c(C(C)C)cccc3C(C)C)c2)c2ccccc21)C([2H])([2H])[2H]. The second-order valence-corrected chi connectivity index (χ2v) is 18.1. The molecule has 320 valence electrons. The zero-order valence-electron chi connectivity index (χ0n) is 50.8. The van der Waals surface area contributed by atoms with E-state index in [2.05, 4.69) is 89.4 Å². The number of aromatic nitrogens is 2. The number of benzene rings is 6. The molecule has 0 N–H and O–H groups in total. The fourth-order valence-corrected chi connectivity index (χ4v) is 9.09. The Balaban J connectivity index is 1.29. The number of anilines is 4. The van der Waals surface area contributed by atoms with E-state index in [1.54, 1.807) is 24.3 Å². The minimum atomic E-state index is -3.57. The van der Waals surface area contributed by atoms with Crippen LogP contribution in [-0.4, -0.2) is 16.2 Å². The van der Waals surface area contributed by atoms with Crippen molar-refractivity contribution < 1.29 is 23.9 Å². The lowest BCUT2D eigenvalue weighted by atomic mass is 9.85. The van der Waals surface area contributed by atoms with Crippen LogP contribution in [0.4, 0.5) is 22.7 Å². The lowest BCUT2D eigenvalue weighted by Crippen LogP contribution is -2.26. The summed E-state index contributed by atoms with van der Waals surface area (Å²) in [5.41, 5.74) is 6.25. The molecule has 0 aliphatic carbocycles. The first kappa shape index (κ1) is 28.4. The second-order valence-electron chi connectivity index (χ2n) is 18.1. The Labute approximate surface area is 394 Å². The lowest BCUT2D eigenvalue weighted by molar-refractivity contribution is 0.483. The number of para-hydroxylation sites is 4. The minimum Gasteiger partial charge on any atom is -0.457 e. The van der Waals surface area contributed by atoms with Gasteiger partial charge in [0, 0.05) is 59.7 Å². The fourth-order valence-electron chi connectivity index (χ4n) is 9.09. The maximum Gasteiger partial charge on any atom is 0.137 e. The third-order valence-electron chi connectivity index (χ3n) is 12.2. The van der Waals surface area contributed by atoms with Crippen LogP contribution in [-0.2, 0) is 5.41 Å². The Morgan fingerprint density at radius 1 is 0.603 bits per heavy atom. The van der Waals surface area contributed by atoms with Gasteiger partial charge in [-0.25, -0.2) is 4.98 Å². The highest BCUT2D eigenvalue weighted by atomic mass is 16.5. The quantitative estimate of drug-likeness (QED) is 0.137. The van der Waals surface area contributed by atoms with Gasteiger partial charge >= 0.3 is 0 Å². The average Bonchev–Trinajstić information content (AvgIpc) is 3.98. The van der Waals surface area contributed by atoms with Gasteiger partial charge < -0.3 is 14.5 Å². The molecule has 8 aromatic rings. The Hall–Kier alpha value is -6.33. The molecule has 0 atom stereocenters. The number of pyridine rings is 1. The molecule has 6 aromatic carbocycles. The molecule has 63 heavy (non-hydrogen) atoms. The monoisotopic (exact) mass is 845 g/mol. The van der Waals surface area contributed by atoms with Crippen LogP contribution in [0.15, 0.2) is 140 Å². The van der Waals surface area contributed by atoms with Gasteiger partial charge in [0.05, 0.1) is 22.4 Å². The number of hydrogen-bond donors (Lipinski definition) is 0. The van der Waals surface area contributed by atoms with E-state index in [1.165, 1.54) is 4.90 Å². The summed E-state index contributed by atoms with van der Waals surface area (Å²) in [5, 5.41) is 2.03. The molecule has 0 saturated heterocycles. The van der Waals surface area contributed by atoms with E-state index in [4.69, 9.17) is 26.2 Å². The first-order valence-corrected chi connectivity index (χ1v) is 21.5. The predicted octanol–water partition coefficient (Wildman–Crippen LogP) is 16.7. The molecule has 9 rings (SSSR count). The molecule has 3 heterocycles. The molecular formula is C58H62N4O. The molecule has 0 radical (unpaired) electrons. The van der Waals surface area contributed by atoms with Crippen LogP contribution in [0, 0.1) is 0 Å². The lowest BCUT2D eigenvalue weighted by Gasteiger charge is -2.29. The van der Waals surface area contributed by atoms with Crippen LogP contribution in [0.5, 0.6) is 11.5 Å². The minimum absolute atomic E-state index is 0.0903. The van der Waals surface area contributed by atoms with Crippen molar-refractivity contribution >= 4 is 44.6 Å². The van der Waals surface area contributed by atoms with Gasteiger partial charge in [-0.15, -0.1) is 0 Å². The van der Waals surface area contributed by atoms with E-state index in [1.807, 2.05) is 65.7 Å². The number of fused-ring (bicyclic) bond motifs is 4. The summed E-state index contributed by atoms with van der Waals surface area (Å²) < 4.78 is 131. The van der Waals surface area contributed by atoms with Crippen LogP contribution in [0.2, 0.25) is 0 Å². The van der Waals surface area contributed by atoms with Crippen LogP contribution in [0.25, 0.3) is 38.8 Å². The highest BCUT2D eigenvalue weighted by molar-refractivity contribution is 6.09. The van der Waals surface area contributed by atoms with Gasteiger partial charge in [0.1, 0.15) is 24.0 Å². The largest absolute Gasteiger partial charge is 0.457 e. The van der Waals surface area contributed by atoms with Crippen molar-refractivity contribution in [2.45, 2.75) is 105 Å². The maximum atomic E-state index is 9.50. The number of rotatable bonds is 10. The highest BCUT2D eigenvalue weighted by Gasteiger charge is 2.32. The van der Waals surface area contributed by atoms with Crippen molar-refractivity contribution in [1.82, 2.24) is 9.55 Å². The molecular weight excluding hydrogens is 769 g/mol. The molecule has 1 aliphatic heterocycles. The molecule has 1 aliphatic rings. The van der Waals surface area contributed by atoms with Crippen LogP contribution in [0.3, 0.4) is 0 Å². The first-order valence-electron chi connectivity index (χ1n) is 28.5. The van der Waals surface area contributed by atoms with Gasteiger partial charge in [0.15, 0.2) is 0 Å². The van der Waals surface area contributed by atoms with Crippen molar-refractivity contribution in [2.75, 3.05) is 16.5 Å². The Bertz CT molecular complexity index is 3440. The van der Waals surface area contributed by atoms with Gasteiger partial charge in [0.25, 0.3) is 0 Å². The number of nitrogens with zero attached hydrogens (tertiary/aromatic N) is 4. The summed E-state index contributed by atoms with van der Waals surface area (Å²) >= 11 is 0. The topological polar surface area (TPSA) is 33.5 Å². The van der Waals surface area contributed by atoms with Gasteiger partial charge in [-0.2, -0.15) is 0 Å². The summed E-state index contributed by atoms with van der Waals surface area (Å²) in [4.78, 5) is 8.17. The summed E-state index contributed by atoms with van der Waals surface area (Å²) in [6.45, 7) is 0.439. The number of hydrogen-bond acceptors (Lipinski definition) is 4. The molecule has 0 amide bonds. The molecule has 0 bridgehead atoms. The predicted molar refractivity (Wildman–Crippen MR) is 268 cm³/mol. The molecule has 5 heteroatoms. The Morgan fingerprint density at radius 2 is 1.22 bits per heavy atom. The summed E-state index contributed by atoms with van der Waals surface area (Å²) in [5.74, 6) is -5.00. The third-order valence-corrected chi connectivity index (χ3v) is 12.2. The van der Waals surface area contributed by atoms with Crippen molar-refractivity contribution in [3.63, 3.8) is 0 Å². The van der Waals surface area contributed by atoms with Gasteiger partial charge in [0.2, 0.25) is 0 Å². The van der Waals surface area contributed by atoms with Crippen molar-refractivity contribution in [1.29, 1.82) is 0 Å². The van der Waals surface area contributed by atoms with E-state index in [9.17, 15) is 2.74 Å². The summed E-state index contributed by atoms with van der Waals surface area (Å²) in [6.07, 6.45) is 1.83. The molecule has 5 nitrogen and oxygen atoms in total. The highest BCUT2D eigenvalue weighted by Crippen LogP contribution is 2.50. The third kappa shape index (κ3) is 7.66. The Kier molecular flexibility index (Phi) is 7.40. The summed E-state index contributed by atoms with van der Waals surface area (Å²) in [6, 6.07) is 40.6. The van der Waals surface area contributed by atoms with Crippen LogP contribution >= 0.6 is 0 Å². The van der Waals surface area contributed by atoms with E-state index in [0.717, 1.165) is 73.6 Å². The second kappa shape index (κ2) is 16.4. The molecule has 0 unspecified atom stereocenters. The van der Waals surface area contributed by atoms with E-state index < -0.39 is 56.0 Å². The van der Waals surface area contributed by atoms with Gasteiger partial charge in [-0.3, -0.25) is 4.57 Å². The molecule has 0 fully saturated rings. The van der Waals surface area contributed by atoms with Gasteiger partial charge in [-0.1, -0.05) is 143 Å².